The quantitative estimate of drug-likeness (QED) is 0.330. The van der Waals surface area contributed by atoms with E-state index in [1.807, 2.05) is 27.7 Å². The standard InChI is InChI=1S/C27H38N6O2/c1-19-31-17-21(18-32-19)24(16-25(34)35-27(2,3)4)29-15-13-22(28)9-7-10-23-12-11-20-8-5-6-14-30-26(20)33-23/h11-13,15,17-18,24,28-29H,5-10,14,16H2,1-4H3,(H,30,33)/b15-13-,28-22?. The van der Waals surface area contributed by atoms with E-state index in [9.17, 15) is 4.79 Å². The number of rotatable bonds is 10. The lowest BCUT2D eigenvalue weighted by Gasteiger charge is -2.22. The third-order valence-electron chi connectivity index (χ3n) is 5.66. The number of pyridine rings is 1. The fourth-order valence-electron chi connectivity index (χ4n) is 3.88. The van der Waals surface area contributed by atoms with Gasteiger partial charge < -0.3 is 20.8 Å². The number of carbonyl (C=O) groups excluding carboxylic acids is 1. The van der Waals surface area contributed by atoms with Crippen LogP contribution in [0, 0.1) is 12.3 Å². The normalized spacial score (nSPS) is 14.5. The van der Waals surface area contributed by atoms with Crippen LogP contribution >= 0.6 is 0 Å². The molecule has 2 aromatic heterocycles. The number of nitrogens with one attached hydrogen (secondary N) is 3. The van der Waals surface area contributed by atoms with E-state index in [2.05, 4.69) is 32.7 Å². The molecule has 0 spiro atoms. The minimum atomic E-state index is -0.550. The zero-order chi connectivity index (χ0) is 25.3. The number of carbonyl (C=O) groups is 1. The first-order chi connectivity index (χ1) is 16.7. The summed E-state index contributed by atoms with van der Waals surface area (Å²) in [5.41, 5.74) is 3.12. The number of nitrogens with zero attached hydrogens (tertiary/aromatic N) is 3. The van der Waals surface area contributed by atoms with E-state index in [0.29, 0.717) is 18.0 Å². The Morgan fingerprint density at radius 1 is 1.26 bits per heavy atom. The summed E-state index contributed by atoms with van der Waals surface area (Å²) in [7, 11) is 0. The van der Waals surface area contributed by atoms with Crippen LogP contribution in [0.2, 0.25) is 0 Å². The van der Waals surface area contributed by atoms with Crippen LogP contribution in [0.5, 0.6) is 0 Å². The maximum atomic E-state index is 12.4. The molecule has 0 saturated carbocycles. The number of aryl methyl sites for hydroxylation is 3. The molecule has 3 N–H and O–H groups in total. The molecule has 188 valence electrons. The summed E-state index contributed by atoms with van der Waals surface area (Å²) in [5, 5.41) is 15.0. The molecule has 0 amide bonds. The number of allylic oxidation sites excluding steroid dienone is 1. The number of hydrogen-bond acceptors (Lipinski definition) is 8. The molecule has 8 heteroatoms. The predicted molar refractivity (Wildman–Crippen MR) is 139 cm³/mol. The van der Waals surface area contributed by atoms with Crippen molar-refractivity contribution in [1.29, 1.82) is 5.41 Å². The van der Waals surface area contributed by atoms with Gasteiger partial charge in [0.1, 0.15) is 17.2 Å². The zero-order valence-electron chi connectivity index (χ0n) is 21.4. The Kier molecular flexibility index (Phi) is 9.34. The van der Waals surface area contributed by atoms with Crippen LogP contribution in [0.1, 0.15) is 81.6 Å². The van der Waals surface area contributed by atoms with Crippen molar-refractivity contribution in [3.05, 3.63) is 59.4 Å². The first-order valence-corrected chi connectivity index (χ1v) is 12.4. The van der Waals surface area contributed by atoms with Gasteiger partial charge in [0.15, 0.2) is 0 Å². The van der Waals surface area contributed by atoms with Crippen molar-refractivity contribution in [2.24, 2.45) is 0 Å². The Morgan fingerprint density at radius 2 is 2.03 bits per heavy atom. The molecule has 3 heterocycles. The predicted octanol–water partition coefficient (Wildman–Crippen LogP) is 4.85. The number of ether oxygens (including phenoxy) is 1. The first-order valence-electron chi connectivity index (χ1n) is 12.4. The topological polar surface area (TPSA) is 113 Å². The molecule has 1 unspecified atom stereocenters. The molecular formula is C27H38N6O2. The Bertz CT molecular complexity index is 1030. The highest BCUT2D eigenvalue weighted by molar-refractivity contribution is 5.92. The summed E-state index contributed by atoms with van der Waals surface area (Å²) in [6.07, 6.45) is 12.8. The van der Waals surface area contributed by atoms with Crippen molar-refractivity contribution in [2.45, 2.75) is 84.3 Å². The molecule has 0 fully saturated rings. The van der Waals surface area contributed by atoms with Gasteiger partial charge in [0, 0.05) is 35.9 Å². The third kappa shape index (κ3) is 9.11. The first kappa shape index (κ1) is 26.3. The second-order valence-electron chi connectivity index (χ2n) is 9.98. The van der Waals surface area contributed by atoms with Gasteiger partial charge in [-0.2, -0.15) is 0 Å². The van der Waals surface area contributed by atoms with Gasteiger partial charge >= 0.3 is 5.97 Å². The lowest BCUT2D eigenvalue weighted by atomic mass is 10.1. The highest BCUT2D eigenvalue weighted by Gasteiger charge is 2.21. The second kappa shape index (κ2) is 12.4. The van der Waals surface area contributed by atoms with E-state index in [4.69, 9.17) is 15.1 Å². The van der Waals surface area contributed by atoms with Gasteiger partial charge in [-0.1, -0.05) is 6.07 Å². The average molecular weight is 479 g/mol. The largest absolute Gasteiger partial charge is 0.460 e. The van der Waals surface area contributed by atoms with Crippen LogP contribution in [-0.4, -0.2) is 38.8 Å². The minimum absolute atomic E-state index is 0.138. The van der Waals surface area contributed by atoms with Crippen molar-refractivity contribution >= 4 is 17.5 Å². The number of aromatic nitrogens is 3. The zero-order valence-corrected chi connectivity index (χ0v) is 21.4. The van der Waals surface area contributed by atoms with Gasteiger partial charge in [-0.05, 0) is 90.1 Å². The Morgan fingerprint density at radius 3 is 2.77 bits per heavy atom. The molecule has 0 aromatic carbocycles. The van der Waals surface area contributed by atoms with Gasteiger partial charge in [0.2, 0.25) is 0 Å². The van der Waals surface area contributed by atoms with Crippen molar-refractivity contribution in [1.82, 2.24) is 20.3 Å². The van der Waals surface area contributed by atoms with Gasteiger partial charge in [-0.25, -0.2) is 15.0 Å². The highest BCUT2D eigenvalue weighted by Crippen LogP contribution is 2.21. The van der Waals surface area contributed by atoms with Crippen molar-refractivity contribution in [3.8, 4) is 0 Å². The monoisotopic (exact) mass is 478 g/mol. The summed E-state index contributed by atoms with van der Waals surface area (Å²) >= 11 is 0. The van der Waals surface area contributed by atoms with Crippen LogP contribution < -0.4 is 10.6 Å². The maximum Gasteiger partial charge on any atom is 0.308 e. The van der Waals surface area contributed by atoms with Crippen LogP contribution in [0.3, 0.4) is 0 Å². The molecule has 35 heavy (non-hydrogen) atoms. The van der Waals surface area contributed by atoms with Crippen molar-refractivity contribution in [3.63, 3.8) is 0 Å². The number of fused-ring (bicyclic) bond motifs is 1. The van der Waals surface area contributed by atoms with Gasteiger partial charge in [-0.3, -0.25) is 4.79 Å². The summed E-state index contributed by atoms with van der Waals surface area (Å²) in [6.45, 7) is 8.35. The fourth-order valence-corrected chi connectivity index (χ4v) is 3.88. The third-order valence-corrected chi connectivity index (χ3v) is 5.66. The van der Waals surface area contributed by atoms with Gasteiger partial charge in [0.05, 0.1) is 12.5 Å². The summed E-state index contributed by atoms with van der Waals surface area (Å²) in [4.78, 5) is 25.7. The lowest BCUT2D eigenvalue weighted by molar-refractivity contribution is -0.155. The molecule has 0 radical (unpaired) electrons. The highest BCUT2D eigenvalue weighted by atomic mass is 16.6. The molecule has 2 aromatic rings. The molecule has 3 rings (SSSR count). The van der Waals surface area contributed by atoms with Gasteiger partial charge in [0.25, 0.3) is 0 Å². The average Bonchev–Trinajstić information content (AvgIpc) is 3.03. The molecule has 1 aliphatic rings. The van der Waals surface area contributed by atoms with Crippen LogP contribution in [0.4, 0.5) is 5.82 Å². The minimum Gasteiger partial charge on any atom is -0.460 e. The second-order valence-corrected chi connectivity index (χ2v) is 9.98. The summed E-state index contributed by atoms with van der Waals surface area (Å²) < 4.78 is 5.48. The van der Waals surface area contributed by atoms with Crippen molar-refractivity contribution in [2.75, 3.05) is 11.9 Å². The maximum absolute atomic E-state index is 12.4. The molecule has 0 saturated heterocycles. The van der Waals surface area contributed by atoms with E-state index in [1.54, 1.807) is 24.7 Å². The van der Waals surface area contributed by atoms with Crippen LogP contribution in [0.15, 0.2) is 36.8 Å². The van der Waals surface area contributed by atoms with E-state index in [1.165, 1.54) is 18.4 Å². The SMILES string of the molecule is Cc1ncc(C(CC(=O)OC(C)(C)C)N/C=C\C(=N)CCCc2ccc3c(n2)NCCCC3)cn1. The van der Waals surface area contributed by atoms with Gasteiger partial charge in [-0.15, -0.1) is 0 Å². The Labute approximate surface area is 208 Å². The van der Waals surface area contributed by atoms with Crippen LogP contribution in [-0.2, 0) is 22.4 Å². The molecular weight excluding hydrogens is 440 g/mol. The molecule has 8 nitrogen and oxygen atoms in total. The Hall–Kier alpha value is -3.29. The molecule has 1 atom stereocenters. The molecule has 0 aliphatic carbocycles. The molecule has 1 aliphatic heterocycles. The Balaban J connectivity index is 1.51. The number of esters is 1. The van der Waals surface area contributed by atoms with Crippen LogP contribution in [0.25, 0.3) is 0 Å². The van der Waals surface area contributed by atoms with E-state index in [-0.39, 0.29) is 18.4 Å². The number of anilines is 1. The van der Waals surface area contributed by atoms with E-state index < -0.39 is 5.60 Å². The fraction of sp³-hybridized carbons (Fsp3) is 0.519. The van der Waals surface area contributed by atoms with E-state index in [0.717, 1.165) is 42.9 Å². The summed E-state index contributed by atoms with van der Waals surface area (Å²) in [6, 6.07) is 3.95. The number of hydrogen-bond donors (Lipinski definition) is 3. The lowest BCUT2D eigenvalue weighted by Crippen LogP contribution is -2.27. The smallest absolute Gasteiger partial charge is 0.308 e. The summed E-state index contributed by atoms with van der Waals surface area (Å²) in [5.74, 6) is 1.39. The molecule has 0 bridgehead atoms. The van der Waals surface area contributed by atoms with Crippen molar-refractivity contribution < 1.29 is 9.53 Å². The van der Waals surface area contributed by atoms with E-state index >= 15 is 0 Å².